The summed E-state index contributed by atoms with van der Waals surface area (Å²) in [6.45, 7) is 2.09. The lowest BCUT2D eigenvalue weighted by Gasteiger charge is -2.07. The second kappa shape index (κ2) is 8.38. The topological polar surface area (TPSA) is 70.6 Å². The van der Waals surface area contributed by atoms with Crippen molar-refractivity contribution < 1.29 is 9.59 Å². The number of aryl methyl sites for hydroxylation is 1. The molecule has 7 heteroatoms. The number of rotatable bonds is 5. The number of halogens is 1. The number of nitrogens with zero attached hydrogens (tertiary/aromatic N) is 1. The number of amidine groups is 1. The van der Waals surface area contributed by atoms with Gasteiger partial charge in [-0.3, -0.25) is 9.59 Å². The van der Waals surface area contributed by atoms with Crippen molar-refractivity contribution >= 4 is 51.7 Å². The first kappa shape index (κ1) is 18.5. The van der Waals surface area contributed by atoms with Crippen LogP contribution in [0.15, 0.2) is 53.5 Å². The predicted octanol–water partition coefficient (Wildman–Crippen LogP) is 4.15. The van der Waals surface area contributed by atoms with Crippen LogP contribution in [-0.2, 0) is 16.0 Å². The molecule has 1 saturated heterocycles. The van der Waals surface area contributed by atoms with Gasteiger partial charge in [0, 0.05) is 17.1 Å². The van der Waals surface area contributed by atoms with E-state index in [1.54, 1.807) is 24.3 Å². The van der Waals surface area contributed by atoms with Crippen LogP contribution in [0, 0.1) is 0 Å². The summed E-state index contributed by atoms with van der Waals surface area (Å²) in [7, 11) is 0. The van der Waals surface area contributed by atoms with E-state index in [1.165, 1.54) is 17.3 Å². The van der Waals surface area contributed by atoms with Gasteiger partial charge >= 0.3 is 0 Å². The van der Waals surface area contributed by atoms with Gasteiger partial charge in [-0.25, -0.2) is 4.99 Å². The van der Waals surface area contributed by atoms with Crippen LogP contribution < -0.4 is 10.6 Å². The Morgan fingerprint density at radius 2 is 1.88 bits per heavy atom. The van der Waals surface area contributed by atoms with Crippen LogP contribution >= 0.6 is 23.4 Å². The highest BCUT2D eigenvalue weighted by Gasteiger charge is 2.32. The van der Waals surface area contributed by atoms with Crippen LogP contribution in [0.2, 0.25) is 5.02 Å². The van der Waals surface area contributed by atoms with Gasteiger partial charge in [0.05, 0.1) is 5.69 Å². The molecule has 2 N–H and O–H groups in total. The first-order valence-electron chi connectivity index (χ1n) is 8.24. The summed E-state index contributed by atoms with van der Waals surface area (Å²) >= 11 is 7.09. The van der Waals surface area contributed by atoms with Crippen LogP contribution in [0.1, 0.15) is 18.9 Å². The fraction of sp³-hybridized carbons (Fsp3) is 0.211. The highest BCUT2D eigenvalue weighted by molar-refractivity contribution is 8.15. The van der Waals surface area contributed by atoms with E-state index < -0.39 is 5.25 Å². The Balaban J connectivity index is 1.59. The molecule has 3 rings (SSSR count). The zero-order valence-corrected chi connectivity index (χ0v) is 15.7. The molecule has 5 nitrogen and oxygen atoms in total. The molecular weight excluding hydrogens is 370 g/mol. The summed E-state index contributed by atoms with van der Waals surface area (Å²) in [5, 5.41) is 6.12. The lowest BCUT2D eigenvalue weighted by Crippen LogP contribution is -2.28. The highest BCUT2D eigenvalue weighted by atomic mass is 35.5. The zero-order valence-electron chi connectivity index (χ0n) is 14.2. The maximum atomic E-state index is 12.2. The third kappa shape index (κ3) is 4.86. The average molecular weight is 388 g/mol. The van der Waals surface area contributed by atoms with Gasteiger partial charge in [0.15, 0.2) is 5.17 Å². The van der Waals surface area contributed by atoms with Gasteiger partial charge in [0.1, 0.15) is 5.25 Å². The maximum Gasteiger partial charge on any atom is 0.240 e. The van der Waals surface area contributed by atoms with Crippen molar-refractivity contribution in [3.05, 3.63) is 59.1 Å². The van der Waals surface area contributed by atoms with Gasteiger partial charge < -0.3 is 10.6 Å². The molecule has 2 aromatic carbocycles. The minimum Gasteiger partial charge on any atom is -0.326 e. The first-order chi connectivity index (χ1) is 12.5. The third-order valence-electron chi connectivity index (χ3n) is 3.85. The van der Waals surface area contributed by atoms with Crippen LogP contribution in [0.3, 0.4) is 0 Å². The molecule has 2 aromatic rings. The predicted molar refractivity (Wildman–Crippen MR) is 107 cm³/mol. The molecule has 1 fully saturated rings. The van der Waals surface area contributed by atoms with Crippen molar-refractivity contribution in [2.24, 2.45) is 4.99 Å². The number of carbonyl (C=O) groups is 2. The monoisotopic (exact) mass is 387 g/mol. The molecule has 0 aromatic heterocycles. The van der Waals surface area contributed by atoms with E-state index in [0.29, 0.717) is 15.9 Å². The van der Waals surface area contributed by atoms with E-state index >= 15 is 0 Å². The molecule has 1 heterocycles. The molecule has 2 amide bonds. The number of hydrogen-bond acceptors (Lipinski definition) is 4. The molecule has 1 aliphatic rings. The second-order valence-corrected chi connectivity index (χ2v) is 7.42. The number of anilines is 1. The average Bonchev–Trinajstić information content (AvgIpc) is 2.96. The number of nitrogens with one attached hydrogen (secondary N) is 2. The Labute approximate surface area is 161 Å². The largest absolute Gasteiger partial charge is 0.326 e. The summed E-state index contributed by atoms with van der Waals surface area (Å²) in [5.41, 5.74) is 2.65. The minimum absolute atomic E-state index is 0.0763. The highest BCUT2D eigenvalue weighted by Crippen LogP contribution is 2.26. The first-order valence-corrected chi connectivity index (χ1v) is 9.50. The molecule has 1 atom stereocenters. The third-order valence-corrected chi connectivity index (χ3v) is 5.18. The van der Waals surface area contributed by atoms with Gasteiger partial charge in [-0.05, 0) is 48.4 Å². The Kier molecular flexibility index (Phi) is 5.96. The van der Waals surface area contributed by atoms with Crippen molar-refractivity contribution in [1.29, 1.82) is 0 Å². The summed E-state index contributed by atoms with van der Waals surface area (Å²) in [5.74, 6) is -0.432. The van der Waals surface area contributed by atoms with Gasteiger partial charge in [-0.1, -0.05) is 42.4 Å². The summed E-state index contributed by atoms with van der Waals surface area (Å²) < 4.78 is 0. The van der Waals surface area contributed by atoms with Crippen LogP contribution in [0.5, 0.6) is 0 Å². The standard InChI is InChI=1S/C19H18ClN3O2S/c1-2-12-3-7-15(8-4-12)22-19-23-18(25)16(26-19)11-17(24)21-14-9-5-13(20)6-10-14/h3-10,16H,2,11H2,1H3,(H,21,24)(H,22,23,25). The minimum atomic E-state index is -0.490. The number of amides is 2. The van der Waals surface area contributed by atoms with E-state index in [9.17, 15) is 9.59 Å². The Hall–Kier alpha value is -2.31. The lowest BCUT2D eigenvalue weighted by atomic mass is 10.2. The van der Waals surface area contributed by atoms with Crippen molar-refractivity contribution in [3.63, 3.8) is 0 Å². The van der Waals surface area contributed by atoms with E-state index in [4.69, 9.17) is 11.6 Å². The molecule has 0 spiro atoms. The van der Waals surface area contributed by atoms with Crippen molar-refractivity contribution in [3.8, 4) is 0 Å². The molecule has 1 unspecified atom stereocenters. The Bertz CT molecular complexity index is 835. The zero-order chi connectivity index (χ0) is 18.5. The normalized spacial score (nSPS) is 18.0. The second-order valence-electron chi connectivity index (χ2n) is 5.79. The van der Waals surface area contributed by atoms with Gasteiger partial charge in [0.2, 0.25) is 11.8 Å². The summed E-state index contributed by atoms with van der Waals surface area (Å²) in [6.07, 6.45) is 1.04. The molecule has 0 aliphatic carbocycles. The fourth-order valence-corrected chi connectivity index (χ4v) is 3.54. The number of benzene rings is 2. The number of hydrogen-bond donors (Lipinski definition) is 2. The number of carbonyl (C=O) groups excluding carboxylic acids is 2. The molecule has 134 valence electrons. The lowest BCUT2D eigenvalue weighted by molar-refractivity contribution is -0.122. The summed E-state index contributed by atoms with van der Waals surface area (Å²) in [4.78, 5) is 28.7. The van der Waals surface area contributed by atoms with Gasteiger partial charge in [0.25, 0.3) is 0 Å². The maximum absolute atomic E-state index is 12.2. The molecule has 0 radical (unpaired) electrons. The van der Waals surface area contributed by atoms with Crippen molar-refractivity contribution in [1.82, 2.24) is 5.32 Å². The van der Waals surface area contributed by atoms with Crippen LogP contribution in [-0.4, -0.2) is 22.2 Å². The van der Waals surface area contributed by atoms with Crippen LogP contribution in [0.25, 0.3) is 0 Å². The van der Waals surface area contributed by atoms with E-state index in [2.05, 4.69) is 22.5 Å². The Morgan fingerprint density at radius 3 is 2.54 bits per heavy atom. The van der Waals surface area contributed by atoms with E-state index in [1.807, 2.05) is 24.3 Å². The van der Waals surface area contributed by atoms with E-state index in [-0.39, 0.29) is 18.2 Å². The van der Waals surface area contributed by atoms with Crippen molar-refractivity contribution in [2.45, 2.75) is 25.0 Å². The number of thioether (sulfide) groups is 1. The van der Waals surface area contributed by atoms with E-state index in [0.717, 1.165) is 12.1 Å². The fourth-order valence-electron chi connectivity index (χ4n) is 2.43. The summed E-state index contributed by atoms with van der Waals surface area (Å²) in [6, 6.07) is 14.7. The van der Waals surface area contributed by atoms with Gasteiger partial charge in [-0.15, -0.1) is 0 Å². The SMILES string of the molecule is CCc1ccc(N=C2NC(=O)C(CC(=O)Nc3ccc(Cl)cc3)S2)cc1. The molecule has 0 bridgehead atoms. The molecule has 0 saturated carbocycles. The van der Waals surface area contributed by atoms with Crippen molar-refractivity contribution in [2.75, 3.05) is 5.32 Å². The molecular formula is C19H18ClN3O2S. The Morgan fingerprint density at radius 1 is 1.19 bits per heavy atom. The molecule has 1 aliphatic heterocycles. The number of aliphatic imine (C=N–C) groups is 1. The van der Waals surface area contributed by atoms with Gasteiger partial charge in [-0.2, -0.15) is 0 Å². The molecule has 26 heavy (non-hydrogen) atoms. The van der Waals surface area contributed by atoms with Crippen LogP contribution in [0.4, 0.5) is 11.4 Å². The quantitative estimate of drug-likeness (QED) is 0.809. The smallest absolute Gasteiger partial charge is 0.240 e.